The first-order valence-electron chi connectivity index (χ1n) is 26.4. The molecule has 0 aromatic carbocycles. The maximum Gasteiger partial charge on any atom is 0.306 e. The van der Waals surface area contributed by atoms with Gasteiger partial charge in [-0.25, -0.2) is 0 Å². The topological polar surface area (TPSA) is 95.9 Å². The molecule has 0 saturated carbocycles. The molecule has 0 aliphatic carbocycles. The Morgan fingerprint density at radius 2 is 0.847 bits per heavy atom. The first kappa shape index (κ1) is 57.6. The van der Waals surface area contributed by atoms with Gasteiger partial charge in [0.05, 0.1) is 25.2 Å². The molecule has 0 spiro atoms. The van der Waals surface area contributed by atoms with Crippen molar-refractivity contribution < 1.29 is 24.5 Å². The third-order valence-electron chi connectivity index (χ3n) is 12.3. The fourth-order valence-corrected chi connectivity index (χ4v) is 8.32. The molecule has 3 N–H and O–H groups in total. The van der Waals surface area contributed by atoms with Crippen molar-refractivity contribution >= 4 is 11.9 Å². The van der Waals surface area contributed by atoms with E-state index in [1.54, 1.807) is 0 Å². The molecule has 0 aliphatic heterocycles. The van der Waals surface area contributed by atoms with Gasteiger partial charge in [-0.3, -0.25) is 9.59 Å². The van der Waals surface area contributed by atoms with E-state index in [2.05, 4.69) is 38.2 Å². The van der Waals surface area contributed by atoms with Crippen LogP contribution in [0.5, 0.6) is 0 Å². The number of aliphatic hydroxyl groups excluding tert-OH is 2. The van der Waals surface area contributed by atoms with Crippen LogP contribution in [0.2, 0.25) is 0 Å². The van der Waals surface area contributed by atoms with Gasteiger partial charge in [-0.15, -0.1) is 0 Å². The Kier molecular flexibility index (Phi) is 46.5. The molecule has 3 atom stereocenters. The molecule has 0 aromatic heterocycles. The Balaban J connectivity index is 4.32. The molecule has 0 aromatic rings. The molecule has 0 rings (SSSR count). The predicted octanol–water partition coefficient (Wildman–Crippen LogP) is 15.7. The quantitative estimate of drug-likeness (QED) is 0.0322. The first-order valence-corrected chi connectivity index (χ1v) is 26.4. The van der Waals surface area contributed by atoms with Gasteiger partial charge >= 0.3 is 5.97 Å². The molecular formula is C53H103NO5. The van der Waals surface area contributed by atoms with Crippen LogP contribution in [-0.4, -0.2) is 46.9 Å². The number of rotatable bonds is 48. The van der Waals surface area contributed by atoms with Crippen molar-refractivity contribution in [2.24, 2.45) is 0 Å². The minimum atomic E-state index is -0.784. The van der Waals surface area contributed by atoms with Crippen molar-refractivity contribution in [3.8, 4) is 0 Å². The number of hydrogen-bond acceptors (Lipinski definition) is 5. The summed E-state index contributed by atoms with van der Waals surface area (Å²) in [4.78, 5) is 26.0. The van der Waals surface area contributed by atoms with E-state index in [4.69, 9.17) is 4.74 Å². The number of esters is 1. The molecule has 59 heavy (non-hydrogen) atoms. The second kappa shape index (κ2) is 47.6. The Labute approximate surface area is 368 Å². The third-order valence-corrected chi connectivity index (χ3v) is 12.3. The Morgan fingerprint density at radius 1 is 0.475 bits per heavy atom. The summed E-state index contributed by atoms with van der Waals surface area (Å²) in [7, 11) is 0. The number of allylic oxidation sites excluding steroid dienone is 2. The third kappa shape index (κ3) is 43.1. The van der Waals surface area contributed by atoms with Crippen molar-refractivity contribution in [2.45, 2.75) is 309 Å². The van der Waals surface area contributed by atoms with Gasteiger partial charge in [-0.2, -0.15) is 0 Å². The average Bonchev–Trinajstić information content (AvgIpc) is 3.23. The highest BCUT2D eigenvalue weighted by molar-refractivity contribution is 5.77. The highest BCUT2D eigenvalue weighted by Gasteiger charge is 2.24. The normalized spacial score (nSPS) is 13.2. The van der Waals surface area contributed by atoms with Crippen molar-refractivity contribution in [3.05, 3.63) is 12.2 Å². The zero-order chi connectivity index (χ0) is 43.1. The Bertz CT molecular complexity index is 893. The van der Waals surface area contributed by atoms with Gasteiger partial charge in [0.2, 0.25) is 5.91 Å². The smallest absolute Gasteiger partial charge is 0.306 e. The molecule has 0 radical (unpaired) electrons. The molecule has 0 saturated heterocycles. The predicted molar refractivity (Wildman–Crippen MR) is 255 cm³/mol. The zero-order valence-electron chi connectivity index (χ0n) is 39.9. The van der Waals surface area contributed by atoms with E-state index in [9.17, 15) is 19.8 Å². The zero-order valence-corrected chi connectivity index (χ0v) is 39.9. The maximum absolute atomic E-state index is 13.1. The van der Waals surface area contributed by atoms with Crippen LogP contribution in [-0.2, 0) is 14.3 Å². The fourth-order valence-electron chi connectivity index (χ4n) is 8.32. The summed E-state index contributed by atoms with van der Waals surface area (Å²) in [5, 5.41) is 23.7. The molecule has 6 heteroatoms. The SMILES string of the molecule is CCC/C=C\CCCCCC(CC(=O)NC(CO)C(O)CCCCCCCCCCCCCCC)OC(=O)CCCCCCCCCCCCCCCCCCCCC. The lowest BCUT2D eigenvalue weighted by atomic mass is 10.0. The van der Waals surface area contributed by atoms with Gasteiger partial charge in [0.15, 0.2) is 0 Å². The van der Waals surface area contributed by atoms with Gasteiger partial charge in [0, 0.05) is 6.42 Å². The van der Waals surface area contributed by atoms with Crippen molar-refractivity contribution in [2.75, 3.05) is 6.61 Å². The molecule has 0 bridgehead atoms. The summed E-state index contributed by atoms with van der Waals surface area (Å²) in [6.45, 7) is 6.43. The van der Waals surface area contributed by atoms with Crippen LogP contribution in [0.25, 0.3) is 0 Å². The van der Waals surface area contributed by atoms with Crippen molar-refractivity contribution in [3.63, 3.8) is 0 Å². The van der Waals surface area contributed by atoms with Gasteiger partial charge in [0.1, 0.15) is 6.10 Å². The average molecular weight is 834 g/mol. The molecule has 0 aliphatic rings. The largest absolute Gasteiger partial charge is 0.462 e. The number of carbonyl (C=O) groups excluding carboxylic acids is 2. The Morgan fingerprint density at radius 3 is 1.27 bits per heavy atom. The van der Waals surface area contributed by atoms with Crippen LogP contribution in [0.3, 0.4) is 0 Å². The van der Waals surface area contributed by atoms with Crippen LogP contribution in [0, 0.1) is 0 Å². The second-order valence-corrected chi connectivity index (χ2v) is 18.3. The molecular weight excluding hydrogens is 731 g/mol. The first-order chi connectivity index (χ1) is 29.0. The van der Waals surface area contributed by atoms with Crippen LogP contribution in [0.1, 0.15) is 290 Å². The molecule has 3 unspecified atom stereocenters. The Hall–Kier alpha value is -1.40. The van der Waals surface area contributed by atoms with E-state index in [0.29, 0.717) is 19.3 Å². The highest BCUT2D eigenvalue weighted by Crippen LogP contribution is 2.18. The molecule has 1 amide bonds. The molecule has 350 valence electrons. The lowest BCUT2D eigenvalue weighted by molar-refractivity contribution is -0.151. The summed E-state index contributed by atoms with van der Waals surface area (Å²) in [6, 6.07) is -0.698. The number of aliphatic hydroxyl groups is 2. The van der Waals surface area contributed by atoms with Gasteiger partial charge in [-0.05, 0) is 44.9 Å². The van der Waals surface area contributed by atoms with Gasteiger partial charge in [-0.1, -0.05) is 245 Å². The van der Waals surface area contributed by atoms with E-state index in [0.717, 1.165) is 64.2 Å². The minimum Gasteiger partial charge on any atom is -0.462 e. The maximum atomic E-state index is 13.1. The summed E-state index contributed by atoms with van der Waals surface area (Å²) < 4.78 is 5.91. The van der Waals surface area contributed by atoms with Crippen LogP contribution < -0.4 is 5.32 Å². The van der Waals surface area contributed by atoms with E-state index in [1.165, 1.54) is 180 Å². The van der Waals surface area contributed by atoms with E-state index in [-0.39, 0.29) is 24.9 Å². The summed E-state index contributed by atoms with van der Waals surface area (Å²) >= 11 is 0. The van der Waals surface area contributed by atoms with Crippen LogP contribution in [0.4, 0.5) is 0 Å². The van der Waals surface area contributed by atoms with E-state index >= 15 is 0 Å². The lowest BCUT2D eigenvalue weighted by Crippen LogP contribution is -2.46. The summed E-state index contributed by atoms with van der Waals surface area (Å²) in [5.74, 6) is -0.476. The van der Waals surface area contributed by atoms with E-state index in [1.807, 2.05) is 0 Å². The molecule has 6 nitrogen and oxygen atoms in total. The number of hydrogen-bond donors (Lipinski definition) is 3. The monoisotopic (exact) mass is 834 g/mol. The van der Waals surface area contributed by atoms with Gasteiger partial charge in [0.25, 0.3) is 0 Å². The van der Waals surface area contributed by atoms with Gasteiger partial charge < -0.3 is 20.3 Å². The minimum absolute atomic E-state index is 0.0727. The number of amides is 1. The van der Waals surface area contributed by atoms with Crippen molar-refractivity contribution in [1.29, 1.82) is 0 Å². The van der Waals surface area contributed by atoms with Crippen LogP contribution in [0.15, 0.2) is 12.2 Å². The number of unbranched alkanes of at least 4 members (excludes halogenated alkanes) is 34. The molecule has 0 fully saturated rings. The fraction of sp³-hybridized carbons (Fsp3) is 0.925. The highest BCUT2D eigenvalue weighted by atomic mass is 16.5. The lowest BCUT2D eigenvalue weighted by Gasteiger charge is -2.24. The number of nitrogens with one attached hydrogen (secondary N) is 1. The second-order valence-electron chi connectivity index (χ2n) is 18.3. The standard InChI is InChI=1S/C53H103NO5/c1-4-7-10-13-16-19-21-23-24-25-26-27-28-30-32-34-37-40-43-46-53(58)59-49(44-41-38-35-18-15-12-9-6-3)47-52(57)54-50(48-55)51(56)45-42-39-36-33-31-29-22-20-17-14-11-8-5-2/h12,15,49-51,55-56H,4-11,13-14,16-48H2,1-3H3,(H,54,57)/b15-12-. The van der Waals surface area contributed by atoms with Crippen LogP contribution >= 0.6 is 0 Å². The summed E-state index contributed by atoms with van der Waals surface area (Å²) in [5.41, 5.74) is 0. The molecule has 0 heterocycles. The van der Waals surface area contributed by atoms with Crippen molar-refractivity contribution in [1.82, 2.24) is 5.32 Å². The summed E-state index contributed by atoms with van der Waals surface area (Å²) in [6.07, 6.45) is 52.9. The van der Waals surface area contributed by atoms with E-state index < -0.39 is 18.2 Å². The number of carbonyl (C=O) groups is 2. The number of ether oxygens (including phenoxy) is 1.